The fourth-order valence-corrected chi connectivity index (χ4v) is 5.20. The number of amides is 2. The number of ether oxygens (including phenoxy) is 2. The third-order valence-corrected chi connectivity index (χ3v) is 7.16. The van der Waals surface area contributed by atoms with E-state index < -0.39 is 11.1 Å². The minimum atomic E-state index is -0.495. The van der Waals surface area contributed by atoms with Gasteiger partial charge in [-0.05, 0) is 82.7 Å². The molecule has 3 aromatic rings. The van der Waals surface area contributed by atoms with Crippen molar-refractivity contribution in [2.75, 3.05) is 13.2 Å². The smallest absolute Gasteiger partial charge is 0.293 e. The number of halogens is 2. The molecule has 1 saturated heterocycles. The lowest BCUT2D eigenvalue weighted by molar-refractivity contribution is -0.122. The van der Waals surface area contributed by atoms with E-state index in [1.807, 2.05) is 25.1 Å². The number of ketones is 1. The summed E-state index contributed by atoms with van der Waals surface area (Å²) in [5.74, 6) is 0.328. The molecule has 1 fully saturated rings. The van der Waals surface area contributed by atoms with Crippen LogP contribution in [0.3, 0.4) is 0 Å². The van der Waals surface area contributed by atoms with E-state index in [0.29, 0.717) is 40.9 Å². The number of imide groups is 1. The highest BCUT2D eigenvalue weighted by Gasteiger charge is 2.36. The highest BCUT2D eigenvalue weighted by molar-refractivity contribution is 14.1. The molecule has 9 heteroatoms. The number of carbonyl (C=O) groups is 3. The van der Waals surface area contributed by atoms with Gasteiger partial charge in [-0.2, -0.15) is 0 Å². The summed E-state index contributed by atoms with van der Waals surface area (Å²) in [6.45, 7) is 2.33. The second kappa shape index (κ2) is 11.9. The number of Topliss-reactive ketones (excluding diaryl/α,β-unsaturated/α-hetero) is 1. The van der Waals surface area contributed by atoms with Gasteiger partial charge in [0.15, 0.2) is 17.3 Å². The van der Waals surface area contributed by atoms with E-state index in [9.17, 15) is 14.4 Å². The van der Waals surface area contributed by atoms with Gasteiger partial charge in [0.25, 0.3) is 11.1 Å². The molecule has 0 unspecified atom stereocenters. The van der Waals surface area contributed by atoms with Gasteiger partial charge in [-0.15, -0.1) is 0 Å². The molecule has 0 bridgehead atoms. The topological polar surface area (TPSA) is 72.9 Å². The van der Waals surface area contributed by atoms with Crippen molar-refractivity contribution in [2.45, 2.75) is 13.5 Å². The summed E-state index contributed by atoms with van der Waals surface area (Å²) in [5.41, 5.74) is 2.09. The van der Waals surface area contributed by atoms with E-state index in [1.54, 1.807) is 54.6 Å². The van der Waals surface area contributed by atoms with Gasteiger partial charge in [0.1, 0.15) is 6.61 Å². The zero-order valence-corrected chi connectivity index (χ0v) is 22.9. The molecule has 0 aromatic heterocycles. The molecule has 0 saturated carbocycles. The van der Waals surface area contributed by atoms with E-state index >= 15 is 0 Å². The van der Waals surface area contributed by atoms with Crippen molar-refractivity contribution >= 4 is 69.0 Å². The van der Waals surface area contributed by atoms with Crippen LogP contribution in [0.15, 0.2) is 71.6 Å². The molecule has 0 N–H and O–H groups in total. The first-order chi connectivity index (χ1) is 17.4. The van der Waals surface area contributed by atoms with Crippen LogP contribution in [0.2, 0.25) is 5.02 Å². The molecule has 1 heterocycles. The van der Waals surface area contributed by atoms with Crippen molar-refractivity contribution in [3.63, 3.8) is 0 Å². The van der Waals surface area contributed by atoms with Gasteiger partial charge in [0.05, 0.1) is 21.6 Å². The molecule has 0 atom stereocenters. The summed E-state index contributed by atoms with van der Waals surface area (Å²) >= 11 is 8.92. The number of carbonyl (C=O) groups excluding carboxylic acids is 3. The number of benzene rings is 3. The Morgan fingerprint density at radius 1 is 1.06 bits per heavy atom. The molecular formula is C27H21ClINO5S. The largest absolute Gasteiger partial charge is 0.490 e. The Kier molecular flexibility index (Phi) is 8.71. The molecule has 184 valence electrons. The first kappa shape index (κ1) is 26.2. The number of nitrogens with zero attached hydrogens (tertiary/aromatic N) is 1. The van der Waals surface area contributed by atoms with Crippen LogP contribution >= 0.6 is 46.0 Å². The highest BCUT2D eigenvalue weighted by Crippen LogP contribution is 2.38. The van der Waals surface area contributed by atoms with Crippen LogP contribution in [-0.4, -0.2) is 35.0 Å². The van der Waals surface area contributed by atoms with Gasteiger partial charge in [-0.25, -0.2) is 0 Å². The lowest BCUT2D eigenvalue weighted by Gasteiger charge is -2.15. The number of hydrogen-bond acceptors (Lipinski definition) is 6. The zero-order chi connectivity index (χ0) is 25.7. The molecule has 6 nitrogen and oxygen atoms in total. The maximum Gasteiger partial charge on any atom is 0.293 e. The first-order valence-corrected chi connectivity index (χ1v) is 13.3. The first-order valence-electron chi connectivity index (χ1n) is 11.0. The Labute approximate surface area is 231 Å². The summed E-state index contributed by atoms with van der Waals surface area (Å²) < 4.78 is 12.6. The van der Waals surface area contributed by atoms with Crippen LogP contribution in [0.5, 0.6) is 11.5 Å². The highest BCUT2D eigenvalue weighted by atomic mass is 127. The van der Waals surface area contributed by atoms with Crippen LogP contribution in [0.1, 0.15) is 28.4 Å². The van der Waals surface area contributed by atoms with E-state index in [0.717, 1.165) is 25.8 Å². The maximum atomic E-state index is 12.9. The molecular weight excluding hydrogens is 613 g/mol. The third-order valence-electron chi connectivity index (χ3n) is 5.20. The van der Waals surface area contributed by atoms with Gasteiger partial charge >= 0.3 is 0 Å². The van der Waals surface area contributed by atoms with E-state index in [-0.39, 0.29) is 17.2 Å². The van der Waals surface area contributed by atoms with Crippen molar-refractivity contribution in [2.24, 2.45) is 0 Å². The minimum absolute atomic E-state index is 0.244. The Hall–Kier alpha value is -2.82. The van der Waals surface area contributed by atoms with Crippen molar-refractivity contribution in [3.8, 4) is 11.5 Å². The predicted molar refractivity (Wildman–Crippen MR) is 150 cm³/mol. The zero-order valence-electron chi connectivity index (χ0n) is 19.2. The fraction of sp³-hybridized carbons (Fsp3) is 0.148. The molecule has 0 aliphatic carbocycles. The van der Waals surface area contributed by atoms with Gasteiger partial charge in [0, 0.05) is 10.6 Å². The molecule has 4 rings (SSSR count). The Morgan fingerprint density at radius 2 is 1.78 bits per heavy atom. The molecule has 3 aromatic carbocycles. The summed E-state index contributed by atoms with van der Waals surface area (Å²) in [7, 11) is 0. The van der Waals surface area contributed by atoms with E-state index in [2.05, 4.69) is 22.6 Å². The van der Waals surface area contributed by atoms with Crippen molar-refractivity contribution in [1.82, 2.24) is 4.90 Å². The Balaban J connectivity index is 1.53. The third kappa shape index (κ3) is 6.29. The summed E-state index contributed by atoms with van der Waals surface area (Å²) in [6.07, 6.45) is 1.63. The van der Waals surface area contributed by atoms with Gasteiger partial charge < -0.3 is 9.47 Å². The van der Waals surface area contributed by atoms with Crippen molar-refractivity contribution < 1.29 is 23.9 Å². The Bertz CT molecular complexity index is 1330. The summed E-state index contributed by atoms with van der Waals surface area (Å²) in [5, 5.41) is 0.180. The predicted octanol–water partition coefficient (Wildman–Crippen LogP) is 6.84. The minimum Gasteiger partial charge on any atom is -0.490 e. The van der Waals surface area contributed by atoms with Crippen molar-refractivity contribution in [3.05, 3.63) is 96.9 Å². The maximum absolute atomic E-state index is 12.9. The van der Waals surface area contributed by atoms with Crippen LogP contribution in [0.4, 0.5) is 4.79 Å². The lowest BCUT2D eigenvalue weighted by Crippen LogP contribution is -2.33. The molecule has 0 radical (unpaired) electrons. The van der Waals surface area contributed by atoms with E-state index in [1.165, 1.54) is 0 Å². The van der Waals surface area contributed by atoms with E-state index in [4.69, 9.17) is 21.1 Å². The molecule has 1 aliphatic rings. The second-order valence-corrected chi connectivity index (χ2v) is 10.3. The average molecular weight is 634 g/mol. The normalized spacial score (nSPS) is 14.4. The monoisotopic (exact) mass is 633 g/mol. The number of thioether (sulfide) groups is 1. The van der Waals surface area contributed by atoms with Crippen LogP contribution in [0.25, 0.3) is 6.08 Å². The van der Waals surface area contributed by atoms with Gasteiger partial charge in [-0.3, -0.25) is 19.3 Å². The van der Waals surface area contributed by atoms with Crippen LogP contribution < -0.4 is 9.47 Å². The van der Waals surface area contributed by atoms with Crippen LogP contribution in [-0.2, 0) is 11.4 Å². The number of hydrogen-bond donors (Lipinski definition) is 0. The summed E-state index contributed by atoms with van der Waals surface area (Å²) in [6, 6.07) is 19.6. The summed E-state index contributed by atoms with van der Waals surface area (Å²) in [4.78, 5) is 39.2. The molecule has 2 amide bonds. The van der Waals surface area contributed by atoms with Gasteiger partial charge in [-0.1, -0.05) is 54.1 Å². The van der Waals surface area contributed by atoms with Crippen molar-refractivity contribution in [1.29, 1.82) is 0 Å². The Morgan fingerprint density at radius 3 is 2.47 bits per heavy atom. The SMILES string of the molecule is CCOc1cc(/C=C2/SC(=O)N(CC(=O)c3ccccc3)C2=O)cc(I)c1OCc1ccc(Cl)cc1. The lowest BCUT2D eigenvalue weighted by atomic mass is 10.1. The average Bonchev–Trinajstić information content (AvgIpc) is 3.12. The van der Waals surface area contributed by atoms with Crippen LogP contribution in [0, 0.1) is 3.57 Å². The molecule has 36 heavy (non-hydrogen) atoms. The van der Waals surface area contributed by atoms with Gasteiger partial charge in [0.2, 0.25) is 0 Å². The molecule has 0 spiro atoms. The number of rotatable bonds is 9. The molecule has 1 aliphatic heterocycles. The second-order valence-electron chi connectivity index (χ2n) is 7.74. The quantitative estimate of drug-likeness (QED) is 0.146. The standard InChI is InChI=1S/C27H21ClINO5S/c1-2-34-23-13-18(12-21(29)25(23)35-16-17-8-10-20(28)11-9-17)14-24-26(32)30(27(33)36-24)15-22(31)19-6-4-3-5-7-19/h3-14H,2,15-16H2,1H3/b24-14+. The fourth-order valence-electron chi connectivity index (χ4n) is 3.46.